The van der Waals surface area contributed by atoms with Gasteiger partial charge in [-0.25, -0.2) is 0 Å². The summed E-state index contributed by atoms with van der Waals surface area (Å²) in [6, 6.07) is 10.0. The van der Waals surface area contributed by atoms with Gasteiger partial charge in [0.05, 0.1) is 12.6 Å². The van der Waals surface area contributed by atoms with E-state index in [1.807, 2.05) is 31.2 Å². The lowest BCUT2D eigenvalue weighted by molar-refractivity contribution is 0.275. The summed E-state index contributed by atoms with van der Waals surface area (Å²) in [6.07, 6.45) is 1.97. The largest absolute Gasteiger partial charge is 0.415 e. The van der Waals surface area contributed by atoms with Crippen molar-refractivity contribution in [3.63, 3.8) is 0 Å². The van der Waals surface area contributed by atoms with Crippen molar-refractivity contribution in [2.45, 2.75) is 51.9 Å². The number of rotatable bonds is 5. The molecule has 0 aliphatic carbocycles. The predicted octanol–water partition coefficient (Wildman–Crippen LogP) is 4.59. The molecule has 0 saturated heterocycles. The van der Waals surface area contributed by atoms with E-state index in [4.69, 9.17) is 10.2 Å². The lowest BCUT2D eigenvalue weighted by Gasteiger charge is -2.36. The first-order valence-corrected chi connectivity index (χ1v) is 10.4. The summed E-state index contributed by atoms with van der Waals surface area (Å²) in [5, 5.41) is 0.213. The smallest absolute Gasteiger partial charge is 0.192 e. The third-order valence-corrected chi connectivity index (χ3v) is 8.75. The average molecular weight is 304 g/mol. The third kappa shape index (κ3) is 5.64. The second-order valence-corrected chi connectivity index (χ2v) is 11.9. The van der Waals surface area contributed by atoms with E-state index >= 15 is 0 Å². The topological polar surface area (TPSA) is 35.2 Å². The highest BCUT2D eigenvalue weighted by molar-refractivity contribution is 6.74. The zero-order valence-corrected chi connectivity index (χ0v) is 15.2. The van der Waals surface area contributed by atoms with Crippen LogP contribution in [0.2, 0.25) is 18.1 Å². The molecule has 0 aliphatic heterocycles. The fourth-order valence-corrected chi connectivity index (χ4v) is 2.52. The van der Waals surface area contributed by atoms with E-state index in [0.29, 0.717) is 6.61 Å². The molecule has 0 bridgehead atoms. The van der Waals surface area contributed by atoms with Crippen LogP contribution in [0.5, 0.6) is 0 Å². The van der Waals surface area contributed by atoms with Crippen LogP contribution in [0.1, 0.15) is 33.3 Å². The van der Waals surface area contributed by atoms with E-state index in [1.54, 1.807) is 0 Å². The number of benzene rings is 1. The van der Waals surface area contributed by atoms with Crippen molar-refractivity contribution in [2.24, 2.45) is 5.73 Å². The molecule has 0 saturated carbocycles. The molecule has 0 fully saturated rings. The molecule has 0 aliphatic rings. The number of hydrogen-bond donors (Lipinski definition) is 1. The molecule has 0 spiro atoms. The maximum atomic E-state index is 6.21. The fraction of sp³-hybridized carbons (Fsp3) is 0.500. The SMILES string of the molecule is CC(=C=Cc1ccccc1)[C@@H](N)CO[Si](C)(C)C(C)(C)C. The Bertz CT molecular complexity index is 508. The Balaban J connectivity index is 2.68. The first-order valence-electron chi connectivity index (χ1n) is 7.51. The van der Waals surface area contributed by atoms with Gasteiger partial charge >= 0.3 is 0 Å². The Kier molecular flexibility index (Phi) is 6.18. The molecule has 1 aromatic rings. The van der Waals surface area contributed by atoms with E-state index in [2.05, 4.69) is 51.7 Å². The molecule has 21 heavy (non-hydrogen) atoms. The molecule has 2 nitrogen and oxygen atoms in total. The first-order chi connectivity index (χ1) is 9.63. The highest BCUT2D eigenvalue weighted by Crippen LogP contribution is 2.36. The maximum absolute atomic E-state index is 6.21. The first kappa shape index (κ1) is 17.9. The molecule has 3 heteroatoms. The lowest BCUT2D eigenvalue weighted by atomic mass is 10.1. The van der Waals surface area contributed by atoms with Crippen LogP contribution in [0, 0.1) is 0 Å². The highest BCUT2D eigenvalue weighted by Gasteiger charge is 2.37. The van der Waals surface area contributed by atoms with Crippen LogP contribution in [0.4, 0.5) is 0 Å². The molecule has 1 atom stereocenters. The summed E-state index contributed by atoms with van der Waals surface area (Å²) < 4.78 is 6.17. The van der Waals surface area contributed by atoms with Crippen LogP contribution < -0.4 is 5.73 Å². The second kappa shape index (κ2) is 7.23. The van der Waals surface area contributed by atoms with Gasteiger partial charge in [0.25, 0.3) is 0 Å². The van der Waals surface area contributed by atoms with E-state index in [9.17, 15) is 0 Å². The highest BCUT2D eigenvalue weighted by atomic mass is 28.4. The van der Waals surface area contributed by atoms with E-state index in [1.165, 1.54) is 0 Å². The molecule has 1 rings (SSSR count). The van der Waals surface area contributed by atoms with Gasteiger partial charge < -0.3 is 10.2 Å². The van der Waals surface area contributed by atoms with Gasteiger partial charge in [-0.2, -0.15) is 0 Å². The summed E-state index contributed by atoms with van der Waals surface area (Å²) in [6.45, 7) is 13.8. The molecule has 1 aromatic carbocycles. The third-order valence-electron chi connectivity index (χ3n) is 4.25. The number of hydrogen-bond acceptors (Lipinski definition) is 2. The van der Waals surface area contributed by atoms with E-state index < -0.39 is 8.32 Å². The summed E-state index contributed by atoms with van der Waals surface area (Å²) >= 11 is 0. The Hall–Kier alpha value is -1.12. The van der Waals surface area contributed by atoms with Crippen molar-refractivity contribution in [1.82, 2.24) is 0 Å². The minimum Gasteiger partial charge on any atom is -0.415 e. The van der Waals surface area contributed by atoms with Crippen molar-refractivity contribution < 1.29 is 4.43 Å². The van der Waals surface area contributed by atoms with Crippen LogP contribution >= 0.6 is 0 Å². The normalized spacial score (nSPS) is 13.5. The molecule has 2 N–H and O–H groups in total. The zero-order chi connectivity index (χ0) is 16.1. The fourth-order valence-electron chi connectivity index (χ4n) is 1.49. The maximum Gasteiger partial charge on any atom is 0.192 e. The Morgan fingerprint density at radius 1 is 1.29 bits per heavy atom. The second-order valence-electron chi connectivity index (χ2n) is 7.06. The standard InChI is InChI=1S/C18H29NOSi/c1-15(12-13-16-10-8-7-9-11-16)17(19)14-20-21(5,6)18(2,3)4/h7-11,13,17H,14,19H2,1-6H3/t12?,17-/m0/s1. The predicted molar refractivity (Wildman–Crippen MR) is 94.7 cm³/mol. The van der Waals surface area contributed by atoms with Gasteiger partial charge in [-0.1, -0.05) is 51.1 Å². The quantitative estimate of drug-likeness (QED) is 0.637. The van der Waals surface area contributed by atoms with Crippen molar-refractivity contribution in [1.29, 1.82) is 0 Å². The molecule has 0 radical (unpaired) electrons. The summed E-state index contributed by atoms with van der Waals surface area (Å²) in [7, 11) is -1.73. The van der Waals surface area contributed by atoms with Crippen LogP contribution in [-0.4, -0.2) is 21.0 Å². The number of nitrogens with two attached hydrogens (primary N) is 1. The van der Waals surface area contributed by atoms with Gasteiger partial charge in [0.15, 0.2) is 8.32 Å². The van der Waals surface area contributed by atoms with E-state index in [-0.39, 0.29) is 11.1 Å². The molecule has 116 valence electrons. The van der Waals surface area contributed by atoms with Gasteiger partial charge in [0.2, 0.25) is 0 Å². The molecule has 0 unspecified atom stereocenters. The minimum atomic E-state index is -1.73. The van der Waals surface area contributed by atoms with Gasteiger partial charge in [-0.3, -0.25) is 0 Å². The van der Waals surface area contributed by atoms with Crippen LogP contribution in [0.15, 0.2) is 41.6 Å². The Morgan fingerprint density at radius 3 is 2.38 bits per heavy atom. The van der Waals surface area contributed by atoms with Gasteiger partial charge in [-0.05, 0) is 42.3 Å². The van der Waals surface area contributed by atoms with E-state index in [0.717, 1.165) is 11.1 Å². The summed E-state index contributed by atoms with van der Waals surface area (Å²) in [4.78, 5) is 0. The monoisotopic (exact) mass is 303 g/mol. The van der Waals surface area contributed by atoms with Crippen molar-refractivity contribution in [3.8, 4) is 0 Å². The molecular formula is C18H29NOSi. The van der Waals surface area contributed by atoms with Gasteiger partial charge in [0.1, 0.15) is 0 Å². The van der Waals surface area contributed by atoms with Crippen molar-refractivity contribution in [3.05, 3.63) is 47.2 Å². The Labute approximate surface area is 130 Å². The van der Waals surface area contributed by atoms with Crippen LogP contribution in [0.25, 0.3) is 6.08 Å². The zero-order valence-electron chi connectivity index (χ0n) is 14.2. The minimum absolute atomic E-state index is 0.0981. The molecule has 0 heterocycles. The molecular weight excluding hydrogens is 274 g/mol. The lowest BCUT2D eigenvalue weighted by Crippen LogP contribution is -2.44. The van der Waals surface area contributed by atoms with Crippen molar-refractivity contribution >= 4 is 14.4 Å². The van der Waals surface area contributed by atoms with Crippen LogP contribution in [0.3, 0.4) is 0 Å². The molecule has 0 amide bonds. The summed E-state index contributed by atoms with van der Waals surface area (Å²) in [5.41, 5.74) is 11.6. The summed E-state index contributed by atoms with van der Waals surface area (Å²) in [5.74, 6) is 0. The van der Waals surface area contributed by atoms with Gasteiger partial charge in [0, 0.05) is 0 Å². The van der Waals surface area contributed by atoms with Crippen molar-refractivity contribution in [2.75, 3.05) is 6.61 Å². The van der Waals surface area contributed by atoms with Crippen LogP contribution in [-0.2, 0) is 4.43 Å². The Morgan fingerprint density at radius 2 is 1.86 bits per heavy atom. The van der Waals surface area contributed by atoms with Gasteiger partial charge in [-0.15, -0.1) is 5.73 Å². The average Bonchev–Trinajstić information content (AvgIpc) is 2.42. The molecule has 0 aromatic heterocycles.